The van der Waals surface area contributed by atoms with E-state index < -0.39 is 0 Å². The lowest BCUT2D eigenvalue weighted by molar-refractivity contribution is 0.116. The van der Waals surface area contributed by atoms with Gasteiger partial charge in [-0.2, -0.15) is 0 Å². The molecule has 0 aliphatic rings. The van der Waals surface area contributed by atoms with Crippen molar-refractivity contribution in [3.05, 3.63) is 43.0 Å². The molecule has 1 aromatic carbocycles. The summed E-state index contributed by atoms with van der Waals surface area (Å²) in [6.07, 6.45) is 6.83. The third kappa shape index (κ3) is 9.19. The number of oxime groups is 1. The normalized spacial score (nSPS) is 11.2. The van der Waals surface area contributed by atoms with Gasteiger partial charge in [0.2, 0.25) is 0 Å². The molecule has 0 saturated carbocycles. The molecule has 0 fully saturated rings. The third-order valence-electron chi connectivity index (χ3n) is 3.11. The maximum atomic E-state index is 5.60. The average Bonchev–Trinajstić information content (AvgIpc) is 2.56. The molecular formula is C18H27NO3. The van der Waals surface area contributed by atoms with Crippen molar-refractivity contribution in [2.45, 2.75) is 32.1 Å². The Morgan fingerprint density at radius 1 is 1.05 bits per heavy atom. The monoisotopic (exact) mass is 305 g/mol. The quantitative estimate of drug-likeness (QED) is 0.311. The zero-order valence-corrected chi connectivity index (χ0v) is 13.5. The second kappa shape index (κ2) is 12.9. The number of para-hydroxylation sites is 1. The molecule has 0 bridgehead atoms. The first-order valence-corrected chi connectivity index (χ1v) is 7.85. The Labute approximate surface area is 133 Å². The Hall–Kier alpha value is -1.81. The summed E-state index contributed by atoms with van der Waals surface area (Å²) in [5, 5.41) is 3.89. The first-order chi connectivity index (χ1) is 10.9. The smallest absolute Gasteiger partial charge is 0.119 e. The van der Waals surface area contributed by atoms with Crippen LogP contribution in [0, 0.1) is 0 Å². The van der Waals surface area contributed by atoms with Crippen molar-refractivity contribution in [2.75, 3.05) is 26.9 Å². The second-order valence-corrected chi connectivity index (χ2v) is 4.91. The number of hydrogen-bond acceptors (Lipinski definition) is 4. The average molecular weight is 305 g/mol. The van der Waals surface area contributed by atoms with Gasteiger partial charge in [-0.15, -0.1) is 0 Å². The summed E-state index contributed by atoms with van der Waals surface area (Å²) in [7, 11) is 1.55. The lowest BCUT2D eigenvalue weighted by Crippen LogP contribution is -2.04. The molecule has 0 amide bonds. The third-order valence-corrected chi connectivity index (χ3v) is 3.11. The van der Waals surface area contributed by atoms with Crippen LogP contribution in [0.1, 0.15) is 32.1 Å². The van der Waals surface area contributed by atoms with Gasteiger partial charge in [-0.1, -0.05) is 36.4 Å². The van der Waals surface area contributed by atoms with Crippen molar-refractivity contribution < 1.29 is 14.3 Å². The van der Waals surface area contributed by atoms with E-state index in [1.165, 1.54) is 0 Å². The van der Waals surface area contributed by atoms with Gasteiger partial charge < -0.3 is 14.3 Å². The van der Waals surface area contributed by atoms with Gasteiger partial charge in [-0.3, -0.25) is 0 Å². The summed E-state index contributed by atoms with van der Waals surface area (Å²) in [4.78, 5) is 4.74. The highest BCUT2D eigenvalue weighted by Crippen LogP contribution is 2.08. The predicted molar refractivity (Wildman–Crippen MR) is 90.5 cm³/mol. The van der Waals surface area contributed by atoms with Crippen LogP contribution in [0.5, 0.6) is 5.75 Å². The molecule has 0 aliphatic heterocycles. The van der Waals surface area contributed by atoms with Crippen LogP contribution in [-0.2, 0) is 9.57 Å². The van der Waals surface area contributed by atoms with E-state index in [1.54, 1.807) is 13.2 Å². The lowest BCUT2D eigenvalue weighted by Gasteiger charge is -2.07. The maximum Gasteiger partial charge on any atom is 0.119 e. The molecule has 0 radical (unpaired) electrons. The van der Waals surface area contributed by atoms with Crippen LogP contribution in [0.25, 0.3) is 0 Å². The zero-order valence-electron chi connectivity index (χ0n) is 13.5. The fourth-order valence-corrected chi connectivity index (χ4v) is 1.96. The van der Waals surface area contributed by atoms with Crippen molar-refractivity contribution in [1.82, 2.24) is 0 Å². The van der Waals surface area contributed by atoms with E-state index in [0.717, 1.165) is 56.8 Å². The predicted octanol–water partition coefficient (Wildman–Crippen LogP) is 4.22. The fourth-order valence-electron chi connectivity index (χ4n) is 1.96. The number of hydrogen-bond donors (Lipinski definition) is 0. The van der Waals surface area contributed by atoms with Crippen LogP contribution >= 0.6 is 0 Å². The highest BCUT2D eigenvalue weighted by molar-refractivity contribution is 5.93. The van der Waals surface area contributed by atoms with Crippen LogP contribution < -0.4 is 4.74 Å². The molecule has 0 atom stereocenters. The Morgan fingerprint density at radius 3 is 2.55 bits per heavy atom. The SMILES string of the molecule is C=C/C(CCCCCOCCCOc1ccccc1)=N\OC. The summed E-state index contributed by atoms with van der Waals surface area (Å²) in [6, 6.07) is 9.85. The molecule has 122 valence electrons. The minimum atomic E-state index is 0.695. The summed E-state index contributed by atoms with van der Waals surface area (Å²) < 4.78 is 11.2. The first-order valence-electron chi connectivity index (χ1n) is 7.85. The van der Waals surface area contributed by atoms with Crippen molar-refractivity contribution in [3.63, 3.8) is 0 Å². The van der Waals surface area contributed by atoms with E-state index in [-0.39, 0.29) is 0 Å². The molecular weight excluding hydrogens is 278 g/mol. The van der Waals surface area contributed by atoms with E-state index in [9.17, 15) is 0 Å². The topological polar surface area (TPSA) is 40.0 Å². The summed E-state index contributed by atoms with van der Waals surface area (Å²) in [6.45, 7) is 5.95. The molecule has 0 aliphatic carbocycles. The first kappa shape index (κ1) is 18.2. The standard InChI is InChI=1S/C18H27NO3/c1-3-17(19-20-2)11-6-5-9-14-21-15-10-16-22-18-12-7-4-8-13-18/h3-4,7-8,12-13H,1,5-6,9-11,14-16H2,2H3/b19-17+. The zero-order chi connectivity index (χ0) is 15.9. The van der Waals surface area contributed by atoms with Gasteiger partial charge in [-0.05, 0) is 37.5 Å². The van der Waals surface area contributed by atoms with Gasteiger partial charge in [0.15, 0.2) is 0 Å². The number of nitrogens with zero attached hydrogens (tertiary/aromatic N) is 1. The molecule has 22 heavy (non-hydrogen) atoms. The van der Waals surface area contributed by atoms with Crippen LogP contribution in [-0.4, -0.2) is 32.6 Å². The Bertz CT molecular complexity index is 418. The summed E-state index contributed by atoms with van der Waals surface area (Å²) in [5.41, 5.74) is 0.904. The van der Waals surface area contributed by atoms with Crippen molar-refractivity contribution in [1.29, 1.82) is 0 Å². The number of benzene rings is 1. The van der Waals surface area contributed by atoms with Crippen LogP contribution in [0.15, 0.2) is 48.1 Å². The molecule has 4 heteroatoms. The van der Waals surface area contributed by atoms with Crippen LogP contribution in [0.3, 0.4) is 0 Å². The van der Waals surface area contributed by atoms with Crippen molar-refractivity contribution in [3.8, 4) is 5.75 Å². The number of allylic oxidation sites excluding steroid dienone is 1. The Kier molecular flexibility index (Phi) is 10.7. The number of ether oxygens (including phenoxy) is 2. The van der Waals surface area contributed by atoms with E-state index in [1.807, 2.05) is 30.3 Å². The maximum absolute atomic E-state index is 5.60. The number of unbranched alkanes of at least 4 members (excludes halogenated alkanes) is 2. The molecule has 0 N–H and O–H groups in total. The van der Waals surface area contributed by atoms with Gasteiger partial charge in [0.1, 0.15) is 12.9 Å². The Morgan fingerprint density at radius 2 is 1.82 bits per heavy atom. The molecule has 4 nitrogen and oxygen atoms in total. The highest BCUT2D eigenvalue weighted by Gasteiger charge is 1.97. The van der Waals surface area contributed by atoms with Crippen molar-refractivity contribution >= 4 is 5.71 Å². The minimum Gasteiger partial charge on any atom is -0.494 e. The molecule has 0 saturated heterocycles. The molecule has 0 unspecified atom stereocenters. The lowest BCUT2D eigenvalue weighted by atomic mass is 10.1. The minimum absolute atomic E-state index is 0.695. The largest absolute Gasteiger partial charge is 0.494 e. The fraction of sp³-hybridized carbons (Fsp3) is 0.500. The van der Waals surface area contributed by atoms with Gasteiger partial charge >= 0.3 is 0 Å². The highest BCUT2D eigenvalue weighted by atomic mass is 16.6. The van der Waals surface area contributed by atoms with Gasteiger partial charge in [0.25, 0.3) is 0 Å². The Balaban J connectivity index is 1.87. The molecule has 1 aromatic rings. The molecule has 1 rings (SSSR count). The van der Waals surface area contributed by atoms with Gasteiger partial charge in [-0.25, -0.2) is 0 Å². The molecule has 0 heterocycles. The summed E-state index contributed by atoms with van der Waals surface area (Å²) in [5.74, 6) is 0.915. The summed E-state index contributed by atoms with van der Waals surface area (Å²) >= 11 is 0. The van der Waals surface area contributed by atoms with Crippen LogP contribution in [0.4, 0.5) is 0 Å². The van der Waals surface area contributed by atoms with Crippen molar-refractivity contribution in [2.24, 2.45) is 5.16 Å². The van der Waals surface area contributed by atoms with Gasteiger partial charge in [0.05, 0.1) is 12.3 Å². The second-order valence-electron chi connectivity index (χ2n) is 4.91. The molecule has 0 spiro atoms. The van der Waals surface area contributed by atoms with E-state index in [4.69, 9.17) is 14.3 Å². The number of rotatable bonds is 13. The molecule has 0 aromatic heterocycles. The van der Waals surface area contributed by atoms with E-state index >= 15 is 0 Å². The van der Waals surface area contributed by atoms with Crippen LogP contribution in [0.2, 0.25) is 0 Å². The van der Waals surface area contributed by atoms with Gasteiger partial charge in [0, 0.05) is 19.6 Å². The van der Waals surface area contributed by atoms with E-state index in [2.05, 4.69) is 11.7 Å². The van der Waals surface area contributed by atoms with E-state index in [0.29, 0.717) is 6.61 Å².